The van der Waals surface area contributed by atoms with E-state index >= 15 is 0 Å². The topological polar surface area (TPSA) is 17.3 Å². The Bertz CT molecular complexity index is 1220. The predicted octanol–water partition coefficient (Wildman–Crippen LogP) is 7.66. The van der Waals surface area contributed by atoms with Crippen molar-refractivity contribution in [3.63, 3.8) is 0 Å². The molecule has 2 nitrogen and oxygen atoms in total. The summed E-state index contributed by atoms with van der Waals surface area (Å²) < 4.78 is 2.24. The van der Waals surface area contributed by atoms with Gasteiger partial charge in [-0.2, -0.15) is 0 Å². The molecule has 0 spiro atoms. The van der Waals surface area contributed by atoms with E-state index in [-0.39, 0.29) is 22.4 Å². The van der Waals surface area contributed by atoms with Crippen LogP contribution in [0.1, 0.15) is 26.3 Å². The zero-order chi connectivity index (χ0) is 20.4. The molecule has 1 aromatic heterocycles. The van der Waals surface area contributed by atoms with Crippen molar-refractivity contribution < 1.29 is 0 Å². The van der Waals surface area contributed by atoms with Crippen LogP contribution in [-0.4, -0.2) is 4.57 Å². The van der Waals surface area contributed by atoms with Crippen LogP contribution in [-0.2, 0) is 12.0 Å². The van der Waals surface area contributed by atoms with Crippen molar-refractivity contribution in [2.45, 2.75) is 32.7 Å². The van der Waals surface area contributed by atoms with Crippen LogP contribution in [0.2, 0.25) is 0 Å². The molecule has 0 unspecified atom stereocenters. The molecule has 0 aliphatic heterocycles. The van der Waals surface area contributed by atoms with E-state index in [9.17, 15) is 0 Å². The summed E-state index contributed by atoms with van der Waals surface area (Å²) in [6.07, 6.45) is 1.93. The number of hydrogen-bond acceptors (Lipinski definition) is 2. The minimum absolute atomic E-state index is 0. The van der Waals surface area contributed by atoms with Crippen molar-refractivity contribution >= 4 is 44.8 Å². The molecule has 0 fully saturated rings. The van der Waals surface area contributed by atoms with Crippen molar-refractivity contribution in [2.24, 2.45) is 4.99 Å². The van der Waals surface area contributed by atoms with Gasteiger partial charge in [-0.1, -0.05) is 87.5 Å². The molecule has 4 heteroatoms. The zero-order valence-electron chi connectivity index (χ0n) is 17.6. The number of halogens is 1. The maximum Gasteiger partial charge on any atom is 0.190 e. The van der Waals surface area contributed by atoms with Gasteiger partial charge in [0.2, 0.25) is 0 Å². The van der Waals surface area contributed by atoms with Crippen LogP contribution in [0, 0.1) is 0 Å². The second kappa shape index (κ2) is 9.15. The summed E-state index contributed by atoms with van der Waals surface area (Å²) in [5, 5.41) is 4.57. The fourth-order valence-electron chi connectivity index (χ4n) is 3.50. The van der Waals surface area contributed by atoms with Crippen LogP contribution in [0.4, 0.5) is 5.69 Å². The molecule has 0 saturated carbocycles. The number of rotatable bonds is 4. The largest absolute Gasteiger partial charge is 0.313 e. The molecule has 0 N–H and O–H groups in total. The van der Waals surface area contributed by atoms with Gasteiger partial charge in [-0.15, -0.1) is 34.9 Å². The van der Waals surface area contributed by atoms with Gasteiger partial charge in [0.05, 0.1) is 11.4 Å². The molecule has 0 atom stereocenters. The van der Waals surface area contributed by atoms with E-state index in [1.807, 2.05) is 6.08 Å². The van der Waals surface area contributed by atoms with Gasteiger partial charge in [0.1, 0.15) is 0 Å². The molecule has 0 aliphatic rings. The first kappa shape index (κ1) is 22.3. The van der Waals surface area contributed by atoms with Gasteiger partial charge in [-0.25, -0.2) is 4.99 Å². The van der Waals surface area contributed by atoms with Gasteiger partial charge >= 0.3 is 0 Å². The highest BCUT2D eigenvalue weighted by atomic mass is 79.9. The monoisotopic (exact) mass is 478 g/mol. The lowest BCUT2D eigenvalue weighted by molar-refractivity contribution is 0.590. The first-order valence-electron chi connectivity index (χ1n) is 9.90. The third kappa shape index (κ3) is 4.50. The number of allylic oxidation sites excluding steroid dienone is 1. The summed E-state index contributed by atoms with van der Waals surface area (Å²) in [7, 11) is 0. The van der Waals surface area contributed by atoms with Crippen LogP contribution in [0.25, 0.3) is 22.0 Å². The van der Waals surface area contributed by atoms with Crippen LogP contribution in [0.5, 0.6) is 0 Å². The van der Waals surface area contributed by atoms with Crippen LogP contribution in [0.3, 0.4) is 0 Å². The Labute approximate surface area is 193 Å². The molecule has 4 aromatic rings. The van der Waals surface area contributed by atoms with Gasteiger partial charge in [0.15, 0.2) is 4.80 Å². The van der Waals surface area contributed by atoms with Crippen molar-refractivity contribution in [1.82, 2.24) is 4.57 Å². The number of hydrogen-bond donors (Lipinski definition) is 0. The molecule has 30 heavy (non-hydrogen) atoms. The molecule has 0 aliphatic carbocycles. The van der Waals surface area contributed by atoms with Crippen molar-refractivity contribution in [2.75, 3.05) is 0 Å². The molecule has 0 saturated heterocycles. The van der Waals surface area contributed by atoms with E-state index < -0.39 is 0 Å². The predicted molar refractivity (Wildman–Crippen MR) is 136 cm³/mol. The average molecular weight is 479 g/mol. The SMILES string of the molecule is Br.C=CCn1c(-c2ccc(C(C)(C)C)cc2)csc1=Nc1cccc2ccccc12. The van der Waals surface area contributed by atoms with E-state index in [0.717, 1.165) is 17.0 Å². The van der Waals surface area contributed by atoms with E-state index in [1.54, 1.807) is 11.3 Å². The van der Waals surface area contributed by atoms with Crippen molar-refractivity contribution in [1.29, 1.82) is 0 Å². The van der Waals surface area contributed by atoms with E-state index in [1.165, 1.54) is 27.6 Å². The lowest BCUT2D eigenvalue weighted by Gasteiger charge is -2.19. The number of nitrogens with zero attached hydrogens (tertiary/aromatic N) is 2. The lowest BCUT2D eigenvalue weighted by Crippen LogP contribution is -2.15. The maximum atomic E-state index is 5.02. The Balaban J connectivity index is 0.00000256. The fourth-order valence-corrected chi connectivity index (χ4v) is 4.44. The number of aromatic nitrogens is 1. The first-order chi connectivity index (χ1) is 14.0. The zero-order valence-corrected chi connectivity index (χ0v) is 20.2. The third-order valence-electron chi connectivity index (χ3n) is 5.14. The smallest absolute Gasteiger partial charge is 0.190 e. The van der Waals surface area contributed by atoms with Crippen molar-refractivity contribution in [3.8, 4) is 11.3 Å². The number of benzene rings is 3. The Morgan fingerprint density at radius 1 is 0.967 bits per heavy atom. The molecule has 0 amide bonds. The quantitative estimate of drug-likeness (QED) is 0.267. The van der Waals surface area contributed by atoms with Crippen LogP contribution in [0.15, 0.2) is 89.8 Å². The summed E-state index contributed by atoms with van der Waals surface area (Å²) in [6.45, 7) is 11.4. The first-order valence-corrected chi connectivity index (χ1v) is 10.8. The van der Waals surface area contributed by atoms with E-state index in [2.05, 4.69) is 104 Å². The second-order valence-electron chi connectivity index (χ2n) is 8.24. The van der Waals surface area contributed by atoms with Gasteiger partial charge in [-0.3, -0.25) is 0 Å². The average Bonchev–Trinajstić information content (AvgIpc) is 3.10. The Morgan fingerprint density at radius 2 is 1.67 bits per heavy atom. The second-order valence-corrected chi connectivity index (χ2v) is 9.08. The third-order valence-corrected chi connectivity index (χ3v) is 6.00. The standard InChI is InChI=1S/C26H26N2S.BrH/c1-5-17-28-24(20-13-15-21(16-14-20)26(2,3)4)18-29-25(28)27-23-12-8-10-19-9-6-7-11-22(19)23;/h5-16,18H,1,17H2,2-4H3;1H. The molecule has 1 heterocycles. The Kier molecular flexibility index (Phi) is 6.79. The molecule has 0 radical (unpaired) electrons. The van der Waals surface area contributed by atoms with Crippen LogP contribution >= 0.6 is 28.3 Å². The van der Waals surface area contributed by atoms with Crippen LogP contribution < -0.4 is 4.80 Å². The Hall–Kier alpha value is -2.43. The summed E-state index contributed by atoms with van der Waals surface area (Å²) in [5.41, 5.74) is 4.87. The number of thiazole rings is 1. The number of fused-ring (bicyclic) bond motifs is 1. The molecular weight excluding hydrogens is 452 g/mol. The summed E-state index contributed by atoms with van der Waals surface area (Å²) >= 11 is 1.67. The summed E-state index contributed by atoms with van der Waals surface area (Å²) in [6, 6.07) is 23.5. The fraction of sp³-hybridized carbons (Fsp3) is 0.192. The molecule has 154 valence electrons. The minimum atomic E-state index is 0. The highest BCUT2D eigenvalue weighted by molar-refractivity contribution is 8.93. The normalized spacial score (nSPS) is 12.0. The van der Waals surface area contributed by atoms with E-state index in [0.29, 0.717) is 0 Å². The molecule has 3 aromatic carbocycles. The van der Waals surface area contributed by atoms with Gasteiger partial charge in [0, 0.05) is 17.3 Å². The Morgan fingerprint density at radius 3 is 2.37 bits per heavy atom. The molecular formula is C26H27BrN2S. The highest BCUT2D eigenvalue weighted by Crippen LogP contribution is 2.28. The highest BCUT2D eigenvalue weighted by Gasteiger charge is 2.14. The molecule has 0 bridgehead atoms. The maximum absolute atomic E-state index is 5.02. The molecule has 4 rings (SSSR count). The van der Waals surface area contributed by atoms with E-state index in [4.69, 9.17) is 4.99 Å². The minimum Gasteiger partial charge on any atom is -0.313 e. The van der Waals surface area contributed by atoms with Crippen molar-refractivity contribution in [3.05, 3.63) is 95.1 Å². The van der Waals surface area contributed by atoms with Gasteiger partial charge in [0.25, 0.3) is 0 Å². The summed E-state index contributed by atoms with van der Waals surface area (Å²) in [5.74, 6) is 0. The van der Waals surface area contributed by atoms with Gasteiger partial charge < -0.3 is 4.57 Å². The lowest BCUT2D eigenvalue weighted by atomic mass is 9.86. The summed E-state index contributed by atoms with van der Waals surface area (Å²) in [4.78, 5) is 6.01. The van der Waals surface area contributed by atoms with Gasteiger partial charge in [-0.05, 0) is 28.0 Å².